The smallest absolute Gasteiger partial charge is 0.0546 e. The Bertz CT molecular complexity index is 258. The van der Waals surface area contributed by atoms with E-state index in [9.17, 15) is 0 Å². The van der Waals surface area contributed by atoms with Gasteiger partial charge in [-0.2, -0.15) is 0 Å². The average Bonchev–Trinajstić information content (AvgIpc) is 2.08. The Morgan fingerprint density at radius 3 is 2.92 bits per heavy atom. The van der Waals surface area contributed by atoms with Crippen LogP contribution in [0.4, 0.5) is 5.69 Å². The van der Waals surface area contributed by atoms with Crippen molar-refractivity contribution in [3.63, 3.8) is 0 Å². The number of nitrogens with zero attached hydrogens (tertiary/aromatic N) is 1. The molecule has 1 aromatic rings. The third-order valence-electron chi connectivity index (χ3n) is 1.81. The van der Waals surface area contributed by atoms with Crippen LogP contribution in [-0.4, -0.2) is 11.5 Å². The number of hydrogen-bond acceptors (Lipinski definition) is 3. The van der Waals surface area contributed by atoms with Crippen LogP contribution in [0, 0.1) is 5.92 Å². The highest BCUT2D eigenvalue weighted by atomic mass is 14.9. The molecule has 0 radical (unpaired) electrons. The van der Waals surface area contributed by atoms with Crippen LogP contribution in [0.1, 0.15) is 19.4 Å². The average molecular weight is 179 g/mol. The van der Waals surface area contributed by atoms with Crippen molar-refractivity contribution in [2.75, 3.05) is 12.3 Å². The molecule has 0 fully saturated rings. The van der Waals surface area contributed by atoms with Gasteiger partial charge in [-0.3, -0.25) is 4.98 Å². The molecule has 1 rings (SSSR count). The van der Waals surface area contributed by atoms with Gasteiger partial charge in [-0.25, -0.2) is 0 Å². The lowest BCUT2D eigenvalue weighted by atomic mass is 10.2. The van der Waals surface area contributed by atoms with Crippen LogP contribution < -0.4 is 11.1 Å². The molecule has 3 N–H and O–H groups in total. The lowest BCUT2D eigenvalue weighted by molar-refractivity contribution is 0.552. The Labute approximate surface area is 79.4 Å². The van der Waals surface area contributed by atoms with Crippen molar-refractivity contribution >= 4 is 5.69 Å². The van der Waals surface area contributed by atoms with Crippen LogP contribution in [0.25, 0.3) is 0 Å². The molecule has 3 heteroatoms. The van der Waals surface area contributed by atoms with Crippen molar-refractivity contribution in [3.8, 4) is 0 Å². The van der Waals surface area contributed by atoms with Crippen molar-refractivity contribution < 1.29 is 0 Å². The first-order valence-corrected chi connectivity index (χ1v) is 4.59. The molecule has 0 aliphatic carbocycles. The van der Waals surface area contributed by atoms with Crippen LogP contribution >= 0.6 is 0 Å². The molecule has 0 amide bonds. The highest BCUT2D eigenvalue weighted by molar-refractivity contribution is 5.43. The van der Waals surface area contributed by atoms with Crippen LogP contribution in [0.5, 0.6) is 0 Å². The molecule has 0 bridgehead atoms. The maximum Gasteiger partial charge on any atom is 0.0546 e. The highest BCUT2D eigenvalue weighted by Crippen LogP contribution is 2.07. The molecule has 1 heterocycles. The van der Waals surface area contributed by atoms with E-state index in [-0.39, 0.29) is 0 Å². The Kier molecular flexibility index (Phi) is 3.71. The van der Waals surface area contributed by atoms with E-state index < -0.39 is 0 Å². The summed E-state index contributed by atoms with van der Waals surface area (Å²) in [6, 6.07) is 1.95. The van der Waals surface area contributed by atoms with Crippen molar-refractivity contribution in [3.05, 3.63) is 24.0 Å². The molecule has 0 aromatic carbocycles. The highest BCUT2D eigenvalue weighted by Gasteiger charge is 1.98. The first-order chi connectivity index (χ1) is 6.20. The summed E-state index contributed by atoms with van der Waals surface area (Å²) in [4.78, 5) is 3.94. The first kappa shape index (κ1) is 9.99. The molecule has 0 spiro atoms. The lowest BCUT2D eigenvalue weighted by Crippen LogP contribution is -2.19. The van der Waals surface area contributed by atoms with Gasteiger partial charge in [0.2, 0.25) is 0 Å². The fraction of sp³-hybridized carbons (Fsp3) is 0.500. The fourth-order valence-electron chi connectivity index (χ4n) is 1.09. The van der Waals surface area contributed by atoms with Gasteiger partial charge in [-0.05, 0) is 24.1 Å². The van der Waals surface area contributed by atoms with Crippen molar-refractivity contribution in [1.82, 2.24) is 10.3 Å². The largest absolute Gasteiger partial charge is 0.397 e. The summed E-state index contributed by atoms with van der Waals surface area (Å²) in [5.41, 5.74) is 7.62. The van der Waals surface area contributed by atoms with E-state index in [1.54, 1.807) is 12.4 Å². The minimum atomic E-state index is 0.670. The Morgan fingerprint density at radius 2 is 2.31 bits per heavy atom. The number of nitrogens with two attached hydrogens (primary N) is 1. The van der Waals surface area contributed by atoms with Gasteiger partial charge in [0.25, 0.3) is 0 Å². The quantitative estimate of drug-likeness (QED) is 0.734. The fourth-order valence-corrected chi connectivity index (χ4v) is 1.09. The van der Waals surface area contributed by atoms with Gasteiger partial charge in [-0.1, -0.05) is 13.8 Å². The van der Waals surface area contributed by atoms with E-state index >= 15 is 0 Å². The molecule has 0 aliphatic rings. The molecule has 1 aromatic heterocycles. The molecule has 0 unspecified atom stereocenters. The summed E-state index contributed by atoms with van der Waals surface area (Å²) in [6.07, 6.45) is 3.45. The van der Waals surface area contributed by atoms with Crippen LogP contribution in [0.2, 0.25) is 0 Å². The van der Waals surface area contributed by atoms with E-state index in [4.69, 9.17) is 5.73 Å². The minimum absolute atomic E-state index is 0.670. The molecule has 0 saturated heterocycles. The van der Waals surface area contributed by atoms with E-state index in [2.05, 4.69) is 24.1 Å². The zero-order valence-corrected chi connectivity index (χ0v) is 8.25. The molecule has 13 heavy (non-hydrogen) atoms. The molecular formula is C10H17N3. The zero-order chi connectivity index (χ0) is 9.68. The van der Waals surface area contributed by atoms with E-state index in [1.165, 1.54) is 0 Å². The summed E-state index contributed by atoms with van der Waals surface area (Å²) in [5, 5.41) is 3.33. The number of aromatic nitrogens is 1. The van der Waals surface area contributed by atoms with Gasteiger partial charge in [-0.15, -0.1) is 0 Å². The van der Waals surface area contributed by atoms with Gasteiger partial charge in [0, 0.05) is 12.7 Å². The number of hydrogen-bond donors (Lipinski definition) is 2. The summed E-state index contributed by atoms with van der Waals surface area (Å²) in [5.74, 6) is 0.670. The van der Waals surface area contributed by atoms with Gasteiger partial charge >= 0.3 is 0 Å². The zero-order valence-electron chi connectivity index (χ0n) is 8.25. The second-order valence-corrected chi connectivity index (χ2v) is 3.60. The summed E-state index contributed by atoms with van der Waals surface area (Å²) in [7, 11) is 0. The van der Waals surface area contributed by atoms with Gasteiger partial charge < -0.3 is 11.1 Å². The molecule has 3 nitrogen and oxygen atoms in total. The van der Waals surface area contributed by atoms with Gasteiger partial charge in [0.1, 0.15) is 0 Å². The second kappa shape index (κ2) is 4.82. The molecule has 0 saturated carbocycles. The van der Waals surface area contributed by atoms with Crippen molar-refractivity contribution in [1.29, 1.82) is 0 Å². The maximum atomic E-state index is 5.73. The SMILES string of the molecule is CC(C)CNCc1ccncc1N. The lowest BCUT2D eigenvalue weighted by Gasteiger charge is -2.08. The number of pyridine rings is 1. The van der Waals surface area contributed by atoms with Gasteiger partial charge in [0.05, 0.1) is 11.9 Å². The van der Waals surface area contributed by atoms with Crippen LogP contribution in [-0.2, 0) is 6.54 Å². The van der Waals surface area contributed by atoms with E-state index in [0.717, 1.165) is 24.3 Å². The molecular weight excluding hydrogens is 162 g/mol. The minimum Gasteiger partial charge on any atom is -0.397 e. The van der Waals surface area contributed by atoms with Crippen LogP contribution in [0.3, 0.4) is 0 Å². The Hall–Kier alpha value is -1.09. The third-order valence-corrected chi connectivity index (χ3v) is 1.81. The third kappa shape index (κ3) is 3.42. The van der Waals surface area contributed by atoms with Gasteiger partial charge in [0.15, 0.2) is 0 Å². The predicted octanol–water partition coefficient (Wildman–Crippen LogP) is 1.41. The van der Waals surface area contributed by atoms with Crippen molar-refractivity contribution in [2.45, 2.75) is 20.4 Å². The van der Waals surface area contributed by atoms with Crippen LogP contribution in [0.15, 0.2) is 18.5 Å². The monoisotopic (exact) mass is 179 g/mol. The number of nitrogens with one attached hydrogen (secondary N) is 1. The normalized spacial score (nSPS) is 10.7. The predicted molar refractivity (Wildman–Crippen MR) is 55.2 cm³/mol. The number of anilines is 1. The van der Waals surface area contributed by atoms with E-state index in [1.807, 2.05) is 6.07 Å². The summed E-state index contributed by atoms with van der Waals surface area (Å²) < 4.78 is 0. The van der Waals surface area contributed by atoms with Crippen molar-refractivity contribution in [2.24, 2.45) is 5.92 Å². The number of nitrogen functional groups attached to an aromatic ring is 1. The molecule has 72 valence electrons. The molecule has 0 aliphatic heterocycles. The number of rotatable bonds is 4. The topological polar surface area (TPSA) is 50.9 Å². The summed E-state index contributed by atoms with van der Waals surface area (Å²) >= 11 is 0. The Balaban J connectivity index is 2.41. The van der Waals surface area contributed by atoms with E-state index in [0.29, 0.717) is 5.92 Å². The maximum absolute atomic E-state index is 5.73. The standard InChI is InChI=1S/C10H17N3/c1-8(2)5-13-6-9-3-4-12-7-10(9)11/h3-4,7-8,13H,5-6,11H2,1-2H3. The summed E-state index contributed by atoms with van der Waals surface area (Å²) in [6.45, 7) is 6.21. The Morgan fingerprint density at radius 1 is 1.54 bits per heavy atom. The first-order valence-electron chi connectivity index (χ1n) is 4.59. The molecule has 0 atom stereocenters. The second-order valence-electron chi connectivity index (χ2n) is 3.60.